The lowest BCUT2D eigenvalue weighted by atomic mass is 10.1. The number of nitrogens with zero attached hydrogens (tertiary/aromatic N) is 3. The van der Waals surface area contributed by atoms with Crippen LogP contribution >= 0.6 is 0 Å². The van der Waals surface area contributed by atoms with Crippen molar-refractivity contribution in [2.75, 3.05) is 61.5 Å². The summed E-state index contributed by atoms with van der Waals surface area (Å²) >= 11 is 0. The highest BCUT2D eigenvalue weighted by Gasteiger charge is 2.22. The van der Waals surface area contributed by atoms with Gasteiger partial charge in [0.15, 0.2) is 0 Å². The maximum atomic E-state index is 12.6. The molecule has 4 rings (SSSR count). The largest absolute Gasteiger partial charge is 0.495 e. The summed E-state index contributed by atoms with van der Waals surface area (Å²) in [5.41, 5.74) is 3.26. The standard InChI is InChI=1S/C23H30N4O2/c1-29-22-8-4-3-7-21(22)24-23(28)27-17-15-26(16-18-27)20-11-9-19(10-12-20)25-13-5-2-6-14-25/h3-4,7-12H,2,5-6,13-18H2,1H3,(H,24,28). The monoisotopic (exact) mass is 394 g/mol. The van der Waals surface area contributed by atoms with Gasteiger partial charge in [-0.25, -0.2) is 4.79 Å². The van der Waals surface area contributed by atoms with Crippen molar-refractivity contribution in [1.29, 1.82) is 0 Å². The van der Waals surface area contributed by atoms with E-state index in [0.717, 1.165) is 13.1 Å². The van der Waals surface area contributed by atoms with Gasteiger partial charge in [-0.15, -0.1) is 0 Å². The van der Waals surface area contributed by atoms with Gasteiger partial charge in [-0.05, 0) is 55.7 Å². The molecule has 0 atom stereocenters. The summed E-state index contributed by atoms with van der Waals surface area (Å²) in [5.74, 6) is 0.674. The predicted molar refractivity (Wildman–Crippen MR) is 118 cm³/mol. The summed E-state index contributed by atoms with van der Waals surface area (Å²) in [5, 5.41) is 2.97. The Hall–Kier alpha value is -2.89. The highest BCUT2D eigenvalue weighted by Crippen LogP contribution is 2.26. The van der Waals surface area contributed by atoms with Crippen LogP contribution in [0.15, 0.2) is 48.5 Å². The maximum absolute atomic E-state index is 12.6. The van der Waals surface area contributed by atoms with Gasteiger partial charge < -0.3 is 24.8 Å². The van der Waals surface area contributed by atoms with Crippen molar-refractivity contribution in [3.8, 4) is 5.75 Å². The molecule has 154 valence electrons. The smallest absolute Gasteiger partial charge is 0.322 e. The first-order chi connectivity index (χ1) is 14.2. The summed E-state index contributed by atoms with van der Waals surface area (Å²) in [6.07, 6.45) is 3.94. The van der Waals surface area contributed by atoms with Gasteiger partial charge in [-0.3, -0.25) is 0 Å². The second-order valence-electron chi connectivity index (χ2n) is 7.67. The second kappa shape index (κ2) is 9.07. The van der Waals surface area contributed by atoms with Crippen molar-refractivity contribution in [3.63, 3.8) is 0 Å². The molecule has 1 N–H and O–H groups in total. The number of nitrogens with one attached hydrogen (secondary N) is 1. The summed E-state index contributed by atoms with van der Waals surface area (Å²) in [4.78, 5) is 19.3. The van der Waals surface area contributed by atoms with Crippen LogP contribution in [0, 0.1) is 0 Å². The van der Waals surface area contributed by atoms with Gasteiger partial charge in [0.1, 0.15) is 5.75 Å². The molecule has 2 aliphatic heterocycles. The number of ether oxygens (including phenoxy) is 1. The van der Waals surface area contributed by atoms with E-state index in [9.17, 15) is 4.79 Å². The fraction of sp³-hybridized carbons (Fsp3) is 0.435. The zero-order chi connectivity index (χ0) is 20.1. The van der Waals surface area contributed by atoms with Gasteiger partial charge in [0.25, 0.3) is 0 Å². The van der Waals surface area contributed by atoms with E-state index in [0.29, 0.717) is 24.5 Å². The lowest BCUT2D eigenvalue weighted by Crippen LogP contribution is -2.50. The minimum atomic E-state index is -0.0744. The van der Waals surface area contributed by atoms with E-state index < -0.39 is 0 Å². The van der Waals surface area contributed by atoms with E-state index in [4.69, 9.17) is 4.74 Å². The third-order valence-electron chi connectivity index (χ3n) is 5.85. The molecule has 0 saturated carbocycles. The fourth-order valence-corrected chi connectivity index (χ4v) is 4.14. The Balaban J connectivity index is 1.31. The van der Waals surface area contributed by atoms with Crippen molar-refractivity contribution in [1.82, 2.24) is 4.90 Å². The number of methoxy groups -OCH3 is 1. The number of piperidine rings is 1. The Morgan fingerprint density at radius 3 is 2.00 bits per heavy atom. The maximum Gasteiger partial charge on any atom is 0.322 e. The number of hydrogen-bond acceptors (Lipinski definition) is 4. The van der Waals surface area contributed by atoms with Crippen LogP contribution in [0.2, 0.25) is 0 Å². The van der Waals surface area contributed by atoms with E-state index >= 15 is 0 Å². The summed E-state index contributed by atoms with van der Waals surface area (Å²) in [6, 6.07) is 16.3. The Morgan fingerprint density at radius 1 is 0.793 bits per heavy atom. The average Bonchev–Trinajstić information content (AvgIpc) is 2.80. The molecule has 2 aromatic carbocycles. The molecule has 6 nitrogen and oxygen atoms in total. The van der Waals surface area contributed by atoms with Crippen LogP contribution in [0.25, 0.3) is 0 Å². The van der Waals surface area contributed by atoms with E-state index in [1.807, 2.05) is 29.2 Å². The van der Waals surface area contributed by atoms with Crippen molar-refractivity contribution < 1.29 is 9.53 Å². The number of hydrogen-bond donors (Lipinski definition) is 1. The van der Waals surface area contributed by atoms with E-state index in [-0.39, 0.29) is 6.03 Å². The Morgan fingerprint density at radius 2 is 1.38 bits per heavy atom. The molecule has 29 heavy (non-hydrogen) atoms. The second-order valence-corrected chi connectivity index (χ2v) is 7.67. The number of rotatable bonds is 4. The molecule has 2 aromatic rings. The highest BCUT2D eigenvalue weighted by atomic mass is 16.5. The minimum absolute atomic E-state index is 0.0744. The van der Waals surface area contributed by atoms with Gasteiger partial charge in [0.2, 0.25) is 0 Å². The average molecular weight is 395 g/mol. The third kappa shape index (κ3) is 4.58. The van der Waals surface area contributed by atoms with Gasteiger partial charge in [-0.1, -0.05) is 12.1 Å². The molecular formula is C23H30N4O2. The molecule has 6 heteroatoms. The number of urea groups is 1. The molecule has 0 radical (unpaired) electrons. The van der Waals surface area contributed by atoms with Crippen LogP contribution in [0.3, 0.4) is 0 Å². The first-order valence-electron chi connectivity index (χ1n) is 10.5. The lowest BCUT2D eigenvalue weighted by molar-refractivity contribution is 0.208. The number of anilines is 3. The van der Waals surface area contributed by atoms with Gasteiger partial charge >= 0.3 is 6.03 Å². The Bertz CT molecular complexity index is 810. The number of benzene rings is 2. The van der Waals surface area contributed by atoms with Crippen LogP contribution < -0.4 is 19.9 Å². The quantitative estimate of drug-likeness (QED) is 0.850. The first-order valence-corrected chi connectivity index (χ1v) is 10.5. The Labute approximate surface area is 173 Å². The fourth-order valence-electron chi connectivity index (χ4n) is 4.14. The van der Waals surface area contributed by atoms with Crippen LogP contribution in [0.5, 0.6) is 5.75 Å². The molecular weight excluding hydrogens is 364 g/mol. The van der Waals surface area contributed by atoms with E-state index in [2.05, 4.69) is 39.4 Å². The van der Waals surface area contributed by atoms with Crippen LogP contribution in [-0.2, 0) is 0 Å². The zero-order valence-corrected chi connectivity index (χ0v) is 17.1. The number of carbonyl (C=O) groups excluding carboxylic acids is 1. The molecule has 2 aliphatic rings. The van der Waals surface area contributed by atoms with E-state index in [1.165, 1.54) is 43.7 Å². The van der Waals surface area contributed by atoms with Crippen molar-refractivity contribution in [3.05, 3.63) is 48.5 Å². The first kappa shape index (κ1) is 19.4. The molecule has 0 unspecified atom stereocenters. The number of piperazine rings is 1. The summed E-state index contributed by atoms with van der Waals surface area (Å²) < 4.78 is 5.32. The number of carbonyl (C=O) groups is 1. The molecule has 0 bridgehead atoms. The van der Waals surface area contributed by atoms with Crippen molar-refractivity contribution >= 4 is 23.1 Å². The SMILES string of the molecule is COc1ccccc1NC(=O)N1CCN(c2ccc(N3CCCCC3)cc2)CC1. The predicted octanol–water partition coefficient (Wildman–Crippen LogP) is 4.04. The summed E-state index contributed by atoms with van der Waals surface area (Å²) in [6.45, 7) is 5.41. The number of amides is 2. The zero-order valence-electron chi connectivity index (χ0n) is 17.1. The van der Waals surface area contributed by atoms with Crippen LogP contribution in [0.4, 0.5) is 21.9 Å². The molecule has 0 aromatic heterocycles. The third-order valence-corrected chi connectivity index (χ3v) is 5.85. The minimum Gasteiger partial charge on any atom is -0.495 e. The molecule has 0 aliphatic carbocycles. The van der Waals surface area contributed by atoms with Crippen LogP contribution in [-0.4, -0.2) is 57.3 Å². The topological polar surface area (TPSA) is 48.1 Å². The molecule has 2 fully saturated rings. The lowest BCUT2D eigenvalue weighted by Gasteiger charge is -2.36. The van der Waals surface area contributed by atoms with Gasteiger partial charge in [0, 0.05) is 50.6 Å². The molecule has 2 heterocycles. The normalized spacial score (nSPS) is 17.2. The summed E-state index contributed by atoms with van der Waals surface area (Å²) in [7, 11) is 1.61. The number of para-hydroxylation sites is 2. The Kier molecular flexibility index (Phi) is 6.08. The van der Waals surface area contributed by atoms with Crippen molar-refractivity contribution in [2.24, 2.45) is 0 Å². The molecule has 0 spiro atoms. The highest BCUT2D eigenvalue weighted by molar-refractivity contribution is 5.91. The van der Waals surface area contributed by atoms with Gasteiger partial charge in [-0.2, -0.15) is 0 Å². The van der Waals surface area contributed by atoms with Crippen molar-refractivity contribution in [2.45, 2.75) is 19.3 Å². The molecule has 2 amide bonds. The van der Waals surface area contributed by atoms with Gasteiger partial charge in [0.05, 0.1) is 12.8 Å². The van der Waals surface area contributed by atoms with E-state index in [1.54, 1.807) is 7.11 Å². The van der Waals surface area contributed by atoms with Crippen LogP contribution in [0.1, 0.15) is 19.3 Å². The molecule has 2 saturated heterocycles.